The van der Waals surface area contributed by atoms with Crippen LogP contribution in [0.15, 0.2) is 51.8 Å². The van der Waals surface area contributed by atoms with Gasteiger partial charge in [-0.15, -0.1) is 0 Å². The van der Waals surface area contributed by atoms with Crippen molar-refractivity contribution >= 4 is 11.6 Å². The van der Waals surface area contributed by atoms with E-state index in [1.807, 2.05) is 63.5 Å². The summed E-state index contributed by atoms with van der Waals surface area (Å²) >= 11 is 0. The van der Waals surface area contributed by atoms with Gasteiger partial charge < -0.3 is 25.9 Å². The number of nitrogens with zero attached hydrogens (tertiary/aromatic N) is 3. The molecule has 0 fully saturated rings. The first kappa shape index (κ1) is 29.4. The highest BCUT2D eigenvalue weighted by Gasteiger charge is 2.23. The van der Waals surface area contributed by atoms with Gasteiger partial charge in [-0.1, -0.05) is 17.7 Å². The Balaban J connectivity index is 1.88. The number of fused-ring (bicyclic) bond motifs is 3. The number of benzene rings is 2. The third kappa shape index (κ3) is 5.97. The number of aryl methyl sites for hydroxylation is 4. The molecule has 0 saturated carbocycles. The Bertz CT molecular complexity index is 1630. The zero-order chi connectivity index (χ0) is 29.8. The number of hydrogen-bond acceptors (Lipinski definition) is 8. The molecule has 1 amide bonds. The van der Waals surface area contributed by atoms with Crippen LogP contribution in [-0.4, -0.2) is 35.3 Å². The number of ether oxygens (including phenoxy) is 2. The highest BCUT2D eigenvalue weighted by Crippen LogP contribution is 2.37. The van der Waals surface area contributed by atoms with E-state index in [0.29, 0.717) is 42.3 Å². The van der Waals surface area contributed by atoms with E-state index in [1.54, 1.807) is 11.7 Å². The number of methoxy groups -OCH3 is 1. The number of carbonyl (C=O) groups is 1. The Hall–Kier alpha value is -4.58. The summed E-state index contributed by atoms with van der Waals surface area (Å²) in [6, 6.07) is 9.78. The number of hydrazine groups is 1. The van der Waals surface area contributed by atoms with Gasteiger partial charge >= 0.3 is 5.69 Å². The van der Waals surface area contributed by atoms with E-state index in [2.05, 4.69) is 5.32 Å². The molecule has 12 heteroatoms. The van der Waals surface area contributed by atoms with Crippen molar-refractivity contribution in [2.45, 2.75) is 47.2 Å². The van der Waals surface area contributed by atoms with Gasteiger partial charge in [-0.05, 0) is 62.9 Å². The number of amides is 1. The number of rotatable bonds is 9. The van der Waals surface area contributed by atoms with Gasteiger partial charge in [0.05, 0.1) is 25.1 Å². The highest BCUT2D eigenvalue weighted by molar-refractivity contribution is 5.92. The van der Waals surface area contributed by atoms with E-state index in [4.69, 9.17) is 26.0 Å². The normalized spacial score (nSPS) is 13.2. The molecule has 0 atom stereocenters. The van der Waals surface area contributed by atoms with Gasteiger partial charge in [0.15, 0.2) is 17.2 Å². The Morgan fingerprint density at radius 1 is 1.12 bits per heavy atom. The summed E-state index contributed by atoms with van der Waals surface area (Å²) in [5.74, 6) is 4.36. The van der Waals surface area contributed by atoms with Crippen LogP contribution in [0.3, 0.4) is 0 Å². The number of hydrogen-bond donors (Lipinski definition) is 4. The lowest BCUT2D eigenvalue weighted by Crippen LogP contribution is -2.45. The van der Waals surface area contributed by atoms with Crippen LogP contribution in [0.1, 0.15) is 29.2 Å². The lowest BCUT2D eigenvalue weighted by atomic mass is 9.97. The van der Waals surface area contributed by atoms with Crippen molar-refractivity contribution in [1.29, 1.82) is 0 Å². The van der Waals surface area contributed by atoms with Crippen LogP contribution in [0, 0.1) is 20.8 Å². The van der Waals surface area contributed by atoms with Crippen molar-refractivity contribution in [1.82, 2.24) is 19.9 Å². The van der Waals surface area contributed by atoms with Crippen molar-refractivity contribution in [3.8, 4) is 22.8 Å². The zero-order valence-corrected chi connectivity index (χ0v) is 23.9. The fourth-order valence-corrected chi connectivity index (χ4v) is 5.15. The second kappa shape index (κ2) is 12.3. The van der Waals surface area contributed by atoms with Crippen molar-refractivity contribution in [3.05, 3.63) is 80.2 Å². The standard InChI is InChI=1S/C29H36FN7O4/c1-6-41-23-13-19-7-9-36-21(20(19)14-22(23)40-5)15-24(34-25-17(3)11-16(2)12-18(25)4)37(29(36)39)10-8-33-28(38)26(35-32)27(30)31/h11-15,35H,6-10,31-32H2,1-5H3,(H,33,38)/b27-26-,34-24+. The summed E-state index contributed by atoms with van der Waals surface area (Å²) in [5, 5.41) is 2.54. The van der Waals surface area contributed by atoms with E-state index in [0.717, 1.165) is 33.5 Å². The molecule has 0 spiro atoms. The second-order valence-corrected chi connectivity index (χ2v) is 9.80. The Labute approximate surface area is 237 Å². The lowest BCUT2D eigenvalue weighted by molar-refractivity contribution is -0.118. The van der Waals surface area contributed by atoms with Crippen LogP contribution in [0.2, 0.25) is 0 Å². The molecule has 2 heterocycles. The van der Waals surface area contributed by atoms with E-state index in [9.17, 15) is 14.0 Å². The summed E-state index contributed by atoms with van der Waals surface area (Å²) in [7, 11) is 1.58. The zero-order valence-electron chi connectivity index (χ0n) is 23.9. The van der Waals surface area contributed by atoms with Crippen LogP contribution in [0.25, 0.3) is 11.3 Å². The molecule has 4 rings (SSSR count). The topological polar surface area (TPSA) is 151 Å². The van der Waals surface area contributed by atoms with Gasteiger partial charge in [0.25, 0.3) is 5.91 Å². The number of nitrogens with one attached hydrogen (secondary N) is 2. The van der Waals surface area contributed by atoms with Crippen LogP contribution >= 0.6 is 0 Å². The lowest BCUT2D eigenvalue weighted by Gasteiger charge is -2.25. The second-order valence-electron chi connectivity index (χ2n) is 9.80. The number of aromatic nitrogens is 2. The maximum absolute atomic E-state index is 13.9. The molecular formula is C29H36FN7O4. The summed E-state index contributed by atoms with van der Waals surface area (Å²) < 4.78 is 28.0. The summed E-state index contributed by atoms with van der Waals surface area (Å²) in [5.41, 5.74) is 12.9. The third-order valence-electron chi connectivity index (χ3n) is 6.96. The van der Waals surface area contributed by atoms with Gasteiger partial charge in [-0.25, -0.2) is 9.79 Å². The van der Waals surface area contributed by atoms with Crippen molar-refractivity contribution in [2.75, 3.05) is 20.3 Å². The minimum absolute atomic E-state index is 0.00689. The van der Waals surface area contributed by atoms with E-state index < -0.39 is 17.6 Å². The van der Waals surface area contributed by atoms with Crippen LogP contribution in [0.4, 0.5) is 10.1 Å². The minimum atomic E-state index is -1.24. The van der Waals surface area contributed by atoms with Gasteiger partial charge in [-0.3, -0.25) is 19.8 Å². The predicted molar refractivity (Wildman–Crippen MR) is 154 cm³/mol. The molecule has 0 radical (unpaired) electrons. The Morgan fingerprint density at radius 2 is 1.83 bits per heavy atom. The maximum Gasteiger partial charge on any atom is 0.330 e. The van der Waals surface area contributed by atoms with Crippen LogP contribution < -0.4 is 43.0 Å². The largest absolute Gasteiger partial charge is 0.493 e. The van der Waals surface area contributed by atoms with Gasteiger partial charge in [0, 0.05) is 31.3 Å². The summed E-state index contributed by atoms with van der Waals surface area (Å²) in [6.07, 6.45) is 0.613. The van der Waals surface area contributed by atoms with Crippen molar-refractivity contribution in [2.24, 2.45) is 16.6 Å². The van der Waals surface area contributed by atoms with Crippen LogP contribution in [-0.2, 0) is 24.3 Å². The maximum atomic E-state index is 13.9. The molecular weight excluding hydrogens is 529 g/mol. The number of carbonyl (C=O) groups excluding carboxylic acids is 1. The van der Waals surface area contributed by atoms with Crippen LogP contribution in [0.5, 0.6) is 11.5 Å². The highest BCUT2D eigenvalue weighted by atomic mass is 19.1. The Morgan fingerprint density at radius 3 is 2.44 bits per heavy atom. The first-order valence-electron chi connectivity index (χ1n) is 13.3. The molecule has 2 aromatic carbocycles. The van der Waals surface area contributed by atoms with Crippen molar-refractivity contribution in [3.63, 3.8) is 0 Å². The monoisotopic (exact) mass is 565 g/mol. The van der Waals surface area contributed by atoms with Crippen molar-refractivity contribution < 1.29 is 18.7 Å². The molecule has 0 aliphatic carbocycles. The fourth-order valence-electron chi connectivity index (χ4n) is 5.15. The van der Waals surface area contributed by atoms with Gasteiger partial charge in [-0.2, -0.15) is 4.39 Å². The smallest absolute Gasteiger partial charge is 0.330 e. The molecule has 1 aliphatic rings. The average molecular weight is 566 g/mol. The predicted octanol–water partition coefficient (Wildman–Crippen LogP) is 2.11. The molecule has 11 nitrogen and oxygen atoms in total. The first-order chi connectivity index (χ1) is 19.6. The summed E-state index contributed by atoms with van der Waals surface area (Å²) in [4.78, 5) is 31.2. The average Bonchev–Trinajstić information content (AvgIpc) is 2.92. The van der Waals surface area contributed by atoms with E-state index in [-0.39, 0.29) is 18.8 Å². The third-order valence-corrected chi connectivity index (χ3v) is 6.96. The van der Waals surface area contributed by atoms with Gasteiger partial charge in [0.2, 0.25) is 5.95 Å². The van der Waals surface area contributed by atoms with Gasteiger partial charge in [0.1, 0.15) is 5.49 Å². The van der Waals surface area contributed by atoms with E-state index in [1.165, 1.54) is 4.57 Å². The molecule has 41 heavy (non-hydrogen) atoms. The minimum Gasteiger partial charge on any atom is -0.493 e. The quantitative estimate of drug-likeness (QED) is 0.134. The molecule has 3 aromatic rings. The molecule has 0 saturated heterocycles. The number of halogens is 1. The van der Waals surface area contributed by atoms with E-state index >= 15 is 0 Å². The summed E-state index contributed by atoms with van der Waals surface area (Å²) in [6.45, 7) is 8.87. The SMILES string of the molecule is CCOc1cc2c(cc1OC)-c1c/c(=N\c3c(C)cc(C)cc3C)n(CCNC(=O)/C(NN)=C(/N)F)c(=O)n1CC2. The molecule has 1 aromatic heterocycles. The molecule has 218 valence electrons. The molecule has 6 N–H and O–H groups in total. The first-order valence-corrected chi connectivity index (χ1v) is 13.3. The molecule has 0 bridgehead atoms. The number of nitrogens with two attached hydrogens (primary N) is 2. The molecule has 0 unspecified atom stereocenters. The molecule has 1 aliphatic heterocycles. The Kier molecular flexibility index (Phi) is 8.82. The fraction of sp³-hybridized carbons (Fsp3) is 0.345.